The zero-order chi connectivity index (χ0) is 18.3. The summed E-state index contributed by atoms with van der Waals surface area (Å²) in [5.74, 6) is -0.756. The number of aliphatic hydroxyl groups is 1. The van der Waals surface area contributed by atoms with E-state index in [9.17, 15) is 23.1 Å². The molecule has 0 aliphatic heterocycles. The van der Waals surface area contributed by atoms with Crippen LogP contribution in [0.1, 0.15) is 17.2 Å². The number of oxime groups is 1. The van der Waals surface area contributed by atoms with E-state index < -0.39 is 23.8 Å². The predicted molar refractivity (Wildman–Crippen MR) is 85.9 cm³/mol. The number of hydrogen-bond donors (Lipinski definition) is 2. The third-order valence-corrected chi connectivity index (χ3v) is 3.12. The average Bonchev–Trinajstić information content (AvgIpc) is 2.59. The molecular formula is C17H15F3N2O3. The first kappa shape index (κ1) is 18.5. The van der Waals surface area contributed by atoms with Crippen LogP contribution in [0.5, 0.6) is 0 Å². The van der Waals surface area contributed by atoms with Crippen molar-refractivity contribution in [1.82, 2.24) is 0 Å². The Morgan fingerprint density at radius 3 is 2.60 bits per heavy atom. The maximum Gasteiger partial charge on any atom is 0.416 e. The lowest BCUT2D eigenvalue weighted by molar-refractivity contribution is -0.137. The van der Waals surface area contributed by atoms with Crippen molar-refractivity contribution in [1.29, 1.82) is 0 Å². The molecule has 0 saturated carbocycles. The van der Waals surface area contributed by atoms with Crippen molar-refractivity contribution in [3.63, 3.8) is 0 Å². The van der Waals surface area contributed by atoms with Crippen molar-refractivity contribution >= 4 is 17.8 Å². The Morgan fingerprint density at radius 2 is 1.92 bits per heavy atom. The van der Waals surface area contributed by atoms with Crippen molar-refractivity contribution in [3.8, 4) is 0 Å². The van der Waals surface area contributed by atoms with Crippen molar-refractivity contribution in [2.75, 3.05) is 11.9 Å². The average molecular weight is 352 g/mol. The summed E-state index contributed by atoms with van der Waals surface area (Å²) in [5, 5.41) is 15.5. The molecule has 2 aromatic rings. The largest absolute Gasteiger partial charge is 0.416 e. The van der Waals surface area contributed by atoms with Gasteiger partial charge < -0.3 is 15.3 Å². The Bertz CT molecular complexity index is 733. The third kappa shape index (κ3) is 5.92. The fourth-order valence-corrected chi connectivity index (χ4v) is 1.92. The number of alkyl halides is 3. The van der Waals surface area contributed by atoms with Gasteiger partial charge in [-0.05, 0) is 23.8 Å². The number of rotatable bonds is 6. The van der Waals surface area contributed by atoms with Crippen molar-refractivity contribution in [3.05, 3.63) is 65.7 Å². The van der Waals surface area contributed by atoms with Gasteiger partial charge in [0.25, 0.3) is 5.91 Å². The van der Waals surface area contributed by atoms with Crippen LogP contribution >= 0.6 is 0 Å². The molecule has 0 fully saturated rings. The van der Waals surface area contributed by atoms with E-state index in [-0.39, 0.29) is 12.3 Å². The van der Waals surface area contributed by atoms with Gasteiger partial charge in [-0.1, -0.05) is 41.6 Å². The van der Waals surface area contributed by atoms with Gasteiger partial charge in [-0.15, -0.1) is 0 Å². The number of benzene rings is 2. The highest BCUT2D eigenvalue weighted by Gasteiger charge is 2.30. The number of nitrogens with zero attached hydrogens (tertiary/aromatic N) is 1. The molecule has 1 unspecified atom stereocenters. The Labute approximate surface area is 141 Å². The standard InChI is InChI=1S/C17H15F3N2O3/c18-17(19,20)13-7-4-8-14(9-13)22-16(24)10-21-25-11-15(23)12-5-2-1-3-6-12/h1-10,15,23H,11H2,(H,22,24). The number of aliphatic hydroxyl groups excluding tert-OH is 1. The molecule has 1 atom stereocenters. The molecular weight excluding hydrogens is 337 g/mol. The van der Waals surface area contributed by atoms with Gasteiger partial charge in [-0.25, -0.2) is 0 Å². The smallest absolute Gasteiger partial charge is 0.393 e. The lowest BCUT2D eigenvalue weighted by Gasteiger charge is -2.09. The Morgan fingerprint density at radius 1 is 1.20 bits per heavy atom. The molecule has 0 heterocycles. The van der Waals surface area contributed by atoms with E-state index in [2.05, 4.69) is 10.5 Å². The molecule has 132 valence electrons. The van der Waals surface area contributed by atoms with Gasteiger partial charge in [0.2, 0.25) is 0 Å². The van der Waals surface area contributed by atoms with E-state index in [0.717, 1.165) is 18.3 Å². The number of halogens is 3. The summed E-state index contributed by atoms with van der Waals surface area (Å²) >= 11 is 0. The molecule has 2 aromatic carbocycles. The molecule has 2 rings (SSSR count). The number of hydrogen-bond acceptors (Lipinski definition) is 4. The number of carbonyl (C=O) groups excluding carboxylic acids is 1. The summed E-state index contributed by atoms with van der Waals surface area (Å²) < 4.78 is 37.8. The summed E-state index contributed by atoms with van der Waals surface area (Å²) in [5.41, 5.74) is -0.258. The van der Waals surface area contributed by atoms with Crippen LogP contribution in [0.4, 0.5) is 18.9 Å². The second kappa shape index (κ2) is 8.29. The number of nitrogens with one attached hydrogen (secondary N) is 1. The first-order valence-electron chi connectivity index (χ1n) is 7.23. The molecule has 2 N–H and O–H groups in total. The molecule has 0 radical (unpaired) electrons. The van der Waals surface area contributed by atoms with E-state index in [1.807, 2.05) is 0 Å². The van der Waals surface area contributed by atoms with Gasteiger partial charge >= 0.3 is 6.18 Å². The van der Waals surface area contributed by atoms with Crippen molar-refractivity contribution in [2.45, 2.75) is 12.3 Å². The van der Waals surface area contributed by atoms with Crippen LogP contribution in [0, 0.1) is 0 Å². The molecule has 25 heavy (non-hydrogen) atoms. The van der Waals surface area contributed by atoms with Gasteiger partial charge in [-0.2, -0.15) is 13.2 Å². The number of amides is 1. The highest BCUT2D eigenvalue weighted by Crippen LogP contribution is 2.30. The van der Waals surface area contributed by atoms with Gasteiger partial charge in [0.05, 0.1) is 5.56 Å². The van der Waals surface area contributed by atoms with E-state index in [1.54, 1.807) is 30.3 Å². The van der Waals surface area contributed by atoms with Crippen LogP contribution in [-0.4, -0.2) is 23.8 Å². The zero-order valence-electron chi connectivity index (χ0n) is 12.9. The molecule has 0 aliphatic carbocycles. The Hall–Kier alpha value is -2.87. The van der Waals surface area contributed by atoms with Gasteiger partial charge in [0.1, 0.15) is 18.9 Å². The summed E-state index contributed by atoms with van der Waals surface area (Å²) in [4.78, 5) is 16.4. The Balaban J connectivity index is 1.83. The third-order valence-electron chi connectivity index (χ3n) is 3.12. The fraction of sp³-hybridized carbons (Fsp3) is 0.176. The monoisotopic (exact) mass is 352 g/mol. The van der Waals surface area contributed by atoms with E-state index in [4.69, 9.17) is 4.84 Å². The number of carbonyl (C=O) groups is 1. The Kier molecular flexibility index (Phi) is 6.13. The SMILES string of the molecule is O=C(C=NOCC(O)c1ccccc1)Nc1cccc(C(F)(F)F)c1. The topological polar surface area (TPSA) is 70.9 Å². The van der Waals surface area contributed by atoms with Crippen LogP contribution in [-0.2, 0) is 15.8 Å². The molecule has 0 saturated heterocycles. The van der Waals surface area contributed by atoms with Gasteiger partial charge in [0.15, 0.2) is 0 Å². The maximum absolute atomic E-state index is 12.6. The maximum atomic E-state index is 12.6. The fourth-order valence-electron chi connectivity index (χ4n) is 1.92. The minimum absolute atomic E-state index is 0.0180. The highest BCUT2D eigenvalue weighted by atomic mass is 19.4. The predicted octanol–water partition coefficient (Wildman–Crippen LogP) is 3.38. The van der Waals surface area contributed by atoms with Crippen LogP contribution in [0.15, 0.2) is 59.8 Å². The molecule has 0 aromatic heterocycles. The summed E-state index contributed by atoms with van der Waals surface area (Å²) in [6.07, 6.45) is -4.63. The van der Waals surface area contributed by atoms with E-state index >= 15 is 0 Å². The molecule has 5 nitrogen and oxygen atoms in total. The first-order valence-corrected chi connectivity index (χ1v) is 7.23. The molecule has 1 amide bonds. The van der Waals surface area contributed by atoms with Gasteiger partial charge in [0, 0.05) is 5.69 Å². The minimum Gasteiger partial charge on any atom is -0.393 e. The highest BCUT2D eigenvalue weighted by molar-refractivity contribution is 6.31. The summed E-state index contributed by atoms with van der Waals surface area (Å²) in [7, 11) is 0. The van der Waals surface area contributed by atoms with Crippen LogP contribution < -0.4 is 5.32 Å². The van der Waals surface area contributed by atoms with Crippen LogP contribution in [0.25, 0.3) is 0 Å². The van der Waals surface area contributed by atoms with E-state index in [0.29, 0.717) is 5.56 Å². The van der Waals surface area contributed by atoms with Crippen LogP contribution in [0.3, 0.4) is 0 Å². The normalized spacial score (nSPS) is 12.8. The van der Waals surface area contributed by atoms with Crippen molar-refractivity contribution < 1.29 is 27.9 Å². The number of anilines is 1. The second-order valence-electron chi connectivity index (χ2n) is 5.02. The van der Waals surface area contributed by atoms with Crippen molar-refractivity contribution in [2.24, 2.45) is 5.16 Å². The summed E-state index contributed by atoms with van der Waals surface area (Å²) in [6.45, 7) is -0.169. The first-order chi connectivity index (χ1) is 11.9. The van der Waals surface area contributed by atoms with E-state index in [1.165, 1.54) is 12.1 Å². The van der Waals surface area contributed by atoms with Crippen LogP contribution in [0.2, 0.25) is 0 Å². The molecule has 0 aliphatic rings. The zero-order valence-corrected chi connectivity index (χ0v) is 12.9. The molecule has 0 spiro atoms. The lowest BCUT2D eigenvalue weighted by atomic mass is 10.1. The quantitative estimate of drug-likeness (QED) is 0.618. The molecule has 0 bridgehead atoms. The van der Waals surface area contributed by atoms with Gasteiger partial charge in [-0.3, -0.25) is 4.79 Å². The molecule has 8 heteroatoms. The lowest BCUT2D eigenvalue weighted by Crippen LogP contribution is -2.14. The minimum atomic E-state index is -4.49. The second-order valence-corrected chi connectivity index (χ2v) is 5.02. The summed E-state index contributed by atoms with van der Waals surface area (Å²) in [6, 6.07) is 12.9.